The van der Waals surface area contributed by atoms with E-state index in [1.165, 1.54) is 29.1 Å². The van der Waals surface area contributed by atoms with Gasteiger partial charge in [0.2, 0.25) is 5.91 Å². The number of carbonyl (C=O) groups excluding carboxylic acids is 1. The fraction of sp³-hybridized carbons (Fsp3) is 0.263. The van der Waals surface area contributed by atoms with E-state index < -0.39 is 11.7 Å². The van der Waals surface area contributed by atoms with Gasteiger partial charge in [0.25, 0.3) is 5.56 Å². The number of nitrogens with one attached hydrogen (secondary N) is 1. The molecule has 0 fully saturated rings. The number of amides is 1. The number of aromatic nitrogens is 3. The second kappa shape index (κ2) is 6.67. The highest BCUT2D eigenvalue weighted by atomic mass is 19.1. The molecule has 1 aromatic carbocycles. The van der Waals surface area contributed by atoms with E-state index in [1.54, 1.807) is 6.07 Å². The summed E-state index contributed by atoms with van der Waals surface area (Å²) in [5.74, 6) is -0.868. The van der Waals surface area contributed by atoms with Gasteiger partial charge in [0.15, 0.2) is 5.65 Å². The number of aryl methyl sites for hydroxylation is 2. The molecule has 26 heavy (non-hydrogen) atoms. The number of anilines is 1. The first-order chi connectivity index (χ1) is 12.6. The minimum Gasteiger partial charge on any atom is -0.324 e. The molecule has 2 heterocycles. The van der Waals surface area contributed by atoms with Crippen LogP contribution in [0.1, 0.15) is 24.1 Å². The molecule has 6 nitrogen and oxygen atoms in total. The molecule has 132 valence electrons. The third-order valence-electron chi connectivity index (χ3n) is 4.51. The van der Waals surface area contributed by atoms with Crippen molar-refractivity contribution >= 4 is 22.6 Å². The maximum absolute atomic E-state index is 13.2. The van der Waals surface area contributed by atoms with Crippen molar-refractivity contribution in [3.05, 3.63) is 64.1 Å². The number of fused-ring (bicyclic) bond motifs is 2. The van der Waals surface area contributed by atoms with Crippen molar-refractivity contribution in [3.8, 4) is 0 Å². The van der Waals surface area contributed by atoms with E-state index in [-0.39, 0.29) is 12.1 Å². The first kappa shape index (κ1) is 16.4. The third kappa shape index (κ3) is 3.20. The van der Waals surface area contributed by atoms with Gasteiger partial charge in [-0.25, -0.2) is 14.4 Å². The number of nitrogens with zero attached hydrogens (tertiary/aromatic N) is 3. The van der Waals surface area contributed by atoms with Crippen molar-refractivity contribution < 1.29 is 9.18 Å². The molecule has 1 N–H and O–H groups in total. The Kier molecular flexibility index (Phi) is 4.20. The van der Waals surface area contributed by atoms with E-state index in [2.05, 4.69) is 15.3 Å². The number of hydrogen-bond donors (Lipinski definition) is 1. The fourth-order valence-electron chi connectivity index (χ4n) is 3.24. The summed E-state index contributed by atoms with van der Waals surface area (Å²) >= 11 is 0. The third-order valence-corrected chi connectivity index (χ3v) is 4.51. The molecule has 7 heteroatoms. The van der Waals surface area contributed by atoms with Crippen LogP contribution in [0, 0.1) is 5.82 Å². The van der Waals surface area contributed by atoms with Crippen LogP contribution in [-0.2, 0) is 24.2 Å². The largest absolute Gasteiger partial charge is 0.324 e. The lowest BCUT2D eigenvalue weighted by Crippen LogP contribution is -2.28. The van der Waals surface area contributed by atoms with Crippen LogP contribution >= 0.6 is 0 Å². The predicted octanol–water partition coefficient (Wildman–Crippen LogP) is 2.45. The molecule has 1 aliphatic rings. The Morgan fingerprint density at radius 1 is 1.23 bits per heavy atom. The Labute approximate surface area is 148 Å². The van der Waals surface area contributed by atoms with Gasteiger partial charge in [0.05, 0.1) is 5.39 Å². The zero-order valence-corrected chi connectivity index (χ0v) is 14.0. The molecule has 2 aromatic heterocycles. The van der Waals surface area contributed by atoms with Crippen molar-refractivity contribution in [3.63, 3.8) is 0 Å². The predicted molar refractivity (Wildman–Crippen MR) is 95.5 cm³/mol. The maximum atomic E-state index is 13.2. The van der Waals surface area contributed by atoms with Crippen LogP contribution in [0.3, 0.4) is 0 Å². The van der Waals surface area contributed by atoms with Crippen LogP contribution in [0.4, 0.5) is 10.1 Å². The van der Waals surface area contributed by atoms with Gasteiger partial charge in [-0.15, -0.1) is 0 Å². The number of carbonyl (C=O) groups is 1. The molecule has 0 aliphatic heterocycles. The number of pyridine rings is 1. The summed E-state index contributed by atoms with van der Waals surface area (Å²) in [5, 5.41) is 3.00. The molecular formula is C19H17FN4O2. The number of rotatable bonds is 3. The van der Waals surface area contributed by atoms with E-state index in [9.17, 15) is 14.0 Å². The van der Waals surface area contributed by atoms with E-state index in [0.717, 1.165) is 36.9 Å². The molecule has 4 rings (SSSR count). The Morgan fingerprint density at radius 3 is 2.92 bits per heavy atom. The van der Waals surface area contributed by atoms with Crippen LogP contribution in [0.25, 0.3) is 11.0 Å². The summed E-state index contributed by atoms with van der Waals surface area (Å²) in [6.45, 7) is -0.199. The molecular weight excluding hydrogens is 335 g/mol. The molecule has 0 bridgehead atoms. The Balaban J connectivity index is 1.61. The van der Waals surface area contributed by atoms with E-state index >= 15 is 0 Å². The first-order valence-electron chi connectivity index (χ1n) is 8.53. The second-order valence-corrected chi connectivity index (χ2v) is 6.41. The normalized spacial score (nSPS) is 13.4. The molecule has 0 unspecified atom stereocenters. The van der Waals surface area contributed by atoms with Crippen LogP contribution < -0.4 is 10.9 Å². The van der Waals surface area contributed by atoms with Crippen LogP contribution in [0.15, 0.2) is 41.5 Å². The summed E-state index contributed by atoms with van der Waals surface area (Å²) < 4.78 is 14.4. The Morgan fingerprint density at radius 2 is 2.08 bits per heavy atom. The average molecular weight is 352 g/mol. The van der Waals surface area contributed by atoms with Gasteiger partial charge in [-0.3, -0.25) is 14.2 Å². The van der Waals surface area contributed by atoms with Crippen molar-refractivity contribution in [1.29, 1.82) is 0 Å². The summed E-state index contributed by atoms with van der Waals surface area (Å²) in [4.78, 5) is 33.6. The molecule has 0 saturated carbocycles. The molecule has 0 spiro atoms. The first-order valence-corrected chi connectivity index (χ1v) is 8.53. The van der Waals surface area contributed by atoms with Gasteiger partial charge in [-0.05, 0) is 55.5 Å². The highest BCUT2D eigenvalue weighted by Crippen LogP contribution is 2.21. The number of benzene rings is 1. The van der Waals surface area contributed by atoms with Gasteiger partial charge in [0, 0.05) is 11.4 Å². The summed E-state index contributed by atoms with van der Waals surface area (Å²) in [6, 6.07) is 7.45. The molecule has 0 atom stereocenters. The topological polar surface area (TPSA) is 76.9 Å². The lowest BCUT2D eigenvalue weighted by molar-refractivity contribution is -0.116. The Hall–Kier alpha value is -3.09. The minimum absolute atomic E-state index is 0.199. The smallest absolute Gasteiger partial charge is 0.263 e. The highest BCUT2D eigenvalue weighted by molar-refractivity contribution is 5.90. The van der Waals surface area contributed by atoms with Crippen molar-refractivity contribution in [2.24, 2.45) is 0 Å². The van der Waals surface area contributed by atoms with Crippen LogP contribution in [0.5, 0.6) is 0 Å². The van der Waals surface area contributed by atoms with Gasteiger partial charge in [-0.2, -0.15) is 0 Å². The Bertz CT molecular complexity index is 1060. The highest BCUT2D eigenvalue weighted by Gasteiger charge is 2.15. The lowest BCUT2D eigenvalue weighted by Gasteiger charge is -2.15. The SMILES string of the molecule is O=C(Cn1cnc2nc3c(cc2c1=O)CCCC3)Nc1cccc(F)c1. The summed E-state index contributed by atoms with van der Waals surface area (Å²) in [5.41, 5.74) is 2.55. The maximum Gasteiger partial charge on any atom is 0.263 e. The molecule has 1 amide bonds. The summed E-state index contributed by atoms with van der Waals surface area (Å²) in [6.07, 6.45) is 5.34. The van der Waals surface area contributed by atoms with Crippen LogP contribution in [0.2, 0.25) is 0 Å². The quantitative estimate of drug-likeness (QED) is 0.785. The number of hydrogen-bond acceptors (Lipinski definition) is 4. The fourth-order valence-corrected chi connectivity index (χ4v) is 3.24. The van der Waals surface area contributed by atoms with E-state index in [1.807, 2.05) is 6.07 Å². The molecule has 0 saturated heterocycles. The minimum atomic E-state index is -0.441. The average Bonchev–Trinajstić information content (AvgIpc) is 2.63. The van der Waals surface area contributed by atoms with Gasteiger partial charge >= 0.3 is 0 Å². The van der Waals surface area contributed by atoms with Crippen molar-refractivity contribution in [2.75, 3.05) is 5.32 Å². The second-order valence-electron chi connectivity index (χ2n) is 6.41. The van der Waals surface area contributed by atoms with E-state index in [0.29, 0.717) is 16.7 Å². The van der Waals surface area contributed by atoms with Gasteiger partial charge in [0.1, 0.15) is 18.7 Å². The lowest BCUT2D eigenvalue weighted by atomic mass is 9.95. The molecule has 1 aliphatic carbocycles. The van der Waals surface area contributed by atoms with Crippen molar-refractivity contribution in [2.45, 2.75) is 32.2 Å². The van der Waals surface area contributed by atoms with E-state index in [4.69, 9.17) is 0 Å². The monoisotopic (exact) mass is 352 g/mol. The summed E-state index contributed by atoms with van der Waals surface area (Å²) in [7, 11) is 0. The molecule has 0 radical (unpaired) electrons. The zero-order valence-electron chi connectivity index (χ0n) is 14.0. The molecule has 3 aromatic rings. The van der Waals surface area contributed by atoms with Crippen molar-refractivity contribution in [1.82, 2.24) is 14.5 Å². The standard InChI is InChI=1S/C19H17FN4O2/c20-13-5-3-6-14(9-13)22-17(25)10-24-11-21-18-15(19(24)26)8-12-4-1-2-7-16(12)23-18/h3,5-6,8-9,11H,1-2,4,7,10H2,(H,22,25). The van der Waals surface area contributed by atoms with Crippen LogP contribution in [-0.4, -0.2) is 20.4 Å². The number of halogens is 1. The van der Waals surface area contributed by atoms with Gasteiger partial charge < -0.3 is 5.32 Å². The zero-order chi connectivity index (χ0) is 18.1. The van der Waals surface area contributed by atoms with Gasteiger partial charge in [-0.1, -0.05) is 6.07 Å².